The third kappa shape index (κ3) is 9.64. The zero-order valence-electron chi connectivity index (χ0n) is 13.7. The van der Waals surface area contributed by atoms with Gasteiger partial charge in [-0.2, -0.15) is 0 Å². The number of carboxylic acids is 2. The molecule has 0 aliphatic carbocycles. The van der Waals surface area contributed by atoms with Crippen LogP contribution in [0, 0.1) is 0 Å². The molecule has 1 heterocycles. The Balaban J connectivity index is 0.000000450. The lowest BCUT2D eigenvalue weighted by Gasteiger charge is -2.27. The standard InChI is InChI=1S/C14H20BrClN2O.C2H2O4/c15-12-3-4-14(13(16)11-12)19-10-2-1-7-18-8-5-17-6-9-18;3-1(4)2(5)6/h3-4,11,17H,1-2,5-10H2;(H,3,4)(H,5,6). The monoisotopic (exact) mass is 436 g/mol. The van der Waals surface area contributed by atoms with Gasteiger partial charge in [-0.05, 0) is 37.6 Å². The maximum Gasteiger partial charge on any atom is 0.414 e. The van der Waals surface area contributed by atoms with E-state index in [-0.39, 0.29) is 0 Å². The van der Waals surface area contributed by atoms with Gasteiger partial charge in [0.2, 0.25) is 0 Å². The molecule has 1 aliphatic rings. The number of rotatable bonds is 6. The topological polar surface area (TPSA) is 99.1 Å². The lowest BCUT2D eigenvalue weighted by atomic mass is 10.2. The van der Waals surface area contributed by atoms with Crippen LogP contribution in [0.25, 0.3) is 0 Å². The zero-order valence-corrected chi connectivity index (χ0v) is 16.1. The molecule has 0 aromatic heterocycles. The van der Waals surface area contributed by atoms with Crippen molar-refractivity contribution in [1.29, 1.82) is 0 Å². The largest absolute Gasteiger partial charge is 0.492 e. The molecule has 7 nitrogen and oxygen atoms in total. The number of carboxylic acid groups (broad SMARTS) is 2. The summed E-state index contributed by atoms with van der Waals surface area (Å²) in [5.74, 6) is -2.88. The molecule has 1 aromatic carbocycles. The summed E-state index contributed by atoms with van der Waals surface area (Å²) >= 11 is 9.48. The summed E-state index contributed by atoms with van der Waals surface area (Å²) in [5.41, 5.74) is 0. The number of carbonyl (C=O) groups is 2. The highest BCUT2D eigenvalue weighted by Crippen LogP contribution is 2.27. The minimum absolute atomic E-state index is 0.663. The minimum atomic E-state index is -1.82. The van der Waals surface area contributed by atoms with Crippen LogP contribution in [0.3, 0.4) is 0 Å². The molecule has 9 heteroatoms. The van der Waals surface area contributed by atoms with Crippen molar-refractivity contribution in [2.45, 2.75) is 12.8 Å². The number of hydrogen-bond acceptors (Lipinski definition) is 5. The maximum absolute atomic E-state index is 9.10. The smallest absolute Gasteiger partial charge is 0.414 e. The second kappa shape index (κ2) is 12.1. The summed E-state index contributed by atoms with van der Waals surface area (Å²) in [7, 11) is 0. The average Bonchev–Trinajstić information content (AvgIpc) is 2.58. The zero-order chi connectivity index (χ0) is 18.7. The molecule has 1 aromatic rings. The molecule has 1 aliphatic heterocycles. The molecule has 1 fully saturated rings. The van der Waals surface area contributed by atoms with E-state index in [0.29, 0.717) is 5.02 Å². The first-order chi connectivity index (χ1) is 11.9. The Hall–Kier alpha value is -1.35. The van der Waals surface area contributed by atoms with Crippen LogP contribution in [0.5, 0.6) is 5.75 Å². The van der Waals surface area contributed by atoms with Crippen LogP contribution in [-0.4, -0.2) is 66.4 Å². The molecule has 0 saturated carbocycles. The van der Waals surface area contributed by atoms with Crippen LogP contribution in [0.4, 0.5) is 0 Å². The van der Waals surface area contributed by atoms with Gasteiger partial charge in [-0.15, -0.1) is 0 Å². The molecule has 0 amide bonds. The van der Waals surface area contributed by atoms with Crippen LogP contribution in [0.15, 0.2) is 22.7 Å². The lowest BCUT2D eigenvalue weighted by molar-refractivity contribution is -0.159. The molecular weight excluding hydrogens is 416 g/mol. The number of halogens is 2. The van der Waals surface area contributed by atoms with E-state index in [0.717, 1.165) is 36.3 Å². The van der Waals surface area contributed by atoms with E-state index in [9.17, 15) is 0 Å². The van der Waals surface area contributed by atoms with E-state index in [1.54, 1.807) is 0 Å². The second-order valence-electron chi connectivity index (χ2n) is 5.33. The quantitative estimate of drug-likeness (QED) is 0.464. The summed E-state index contributed by atoms with van der Waals surface area (Å²) in [6.07, 6.45) is 2.24. The SMILES string of the molecule is Clc1cc(Br)ccc1OCCCCN1CCNCC1.O=C(O)C(=O)O. The molecule has 25 heavy (non-hydrogen) atoms. The van der Waals surface area contributed by atoms with Gasteiger partial charge in [0.1, 0.15) is 5.75 Å². The molecule has 0 atom stereocenters. The summed E-state index contributed by atoms with van der Waals surface area (Å²) in [5, 5.41) is 18.8. The molecule has 0 bridgehead atoms. The summed E-state index contributed by atoms with van der Waals surface area (Å²) in [4.78, 5) is 20.7. The maximum atomic E-state index is 9.10. The van der Waals surface area contributed by atoms with Crippen molar-refractivity contribution in [2.24, 2.45) is 0 Å². The summed E-state index contributed by atoms with van der Waals surface area (Å²) < 4.78 is 6.67. The number of benzene rings is 1. The second-order valence-corrected chi connectivity index (χ2v) is 6.66. The van der Waals surface area contributed by atoms with E-state index < -0.39 is 11.9 Å². The summed E-state index contributed by atoms with van der Waals surface area (Å²) in [6, 6.07) is 5.71. The van der Waals surface area contributed by atoms with E-state index in [1.165, 1.54) is 26.1 Å². The van der Waals surface area contributed by atoms with E-state index in [2.05, 4.69) is 26.1 Å². The lowest BCUT2D eigenvalue weighted by Crippen LogP contribution is -2.43. The van der Waals surface area contributed by atoms with Crippen LogP contribution >= 0.6 is 27.5 Å². The Morgan fingerprint density at radius 3 is 2.40 bits per heavy atom. The molecule has 1 saturated heterocycles. The highest BCUT2D eigenvalue weighted by molar-refractivity contribution is 9.10. The Kier molecular flexibility index (Phi) is 10.5. The summed E-state index contributed by atoms with van der Waals surface area (Å²) in [6.45, 7) is 6.46. The van der Waals surface area contributed by atoms with Gasteiger partial charge in [-0.1, -0.05) is 27.5 Å². The molecule has 0 unspecified atom stereocenters. The van der Waals surface area contributed by atoms with Crippen molar-refractivity contribution in [3.63, 3.8) is 0 Å². The van der Waals surface area contributed by atoms with Crippen LogP contribution < -0.4 is 10.1 Å². The third-order valence-electron chi connectivity index (χ3n) is 3.41. The molecule has 0 radical (unpaired) electrons. The van der Waals surface area contributed by atoms with Crippen molar-refractivity contribution >= 4 is 39.5 Å². The fraction of sp³-hybridized carbons (Fsp3) is 0.500. The Labute approximate surface area is 160 Å². The van der Waals surface area contributed by atoms with Gasteiger partial charge in [0, 0.05) is 30.7 Å². The van der Waals surface area contributed by atoms with Gasteiger partial charge in [-0.3, -0.25) is 0 Å². The first-order valence-corrected chi connectivity index (χ1v) is 9.04. The number of piperazine rings is 1. The molecule has 0 spiro atoms. The first kappa shape index (κ1) is 21.7. The highest BCUT2D eigenvalue weighted by Gasteiger charge is 2.08. The molecule has 2 rings (SSSR count). The van der Waals surface area contributed by atoms with Crippen LogP contribution in [0.2, 0.25) is 5.02 Å². The number of unbranched alkanes of at least 4 members (excludes halogenated alkanes) is 1. The Morgan fingerprint density at radius 1 is 1.20 bits per heavy atom. The number of ether oxygens (including phenoxy) is 1. The van der Waals surface area contributed by atoms with Gasteiger partial charge in [-0.25, -0.2) is 9.59 Å². The number of nitrogens with zero attached hydrogens (tertiary/aromatic N) is 1. The highest BCUT2D eigenvalue weighted by atomic mass is 79.9. The van der Waals surface area contributed by atoms with Gasteiger partial charge in [0.05, 0.1) is 11.6 Å². The van der Waals surface area contributed by atoms with Gasteiger partial charge in [0.15, 0.2) is 0 Å². The predicted octanol–water partition coefficient (Wildman–Crippen LogP) is 2.32. The molecule has 140 valence electrons. The van der Waals surface area contributed by atoms with E-state index >= 15 is 0 Å². The third-order valence-corrected chi connectivity index (χ3v) is 4.20. The van der Waals surface area contributed by atoms with Gasteiger partial charge < -0.3 is 25.2 Å². The normalized spacial score (nSPS) is 14.3. The van der Waals surface area contributed by atoms with Crippen molar-refractivity contribution < 1.29 is 24.5 Å². The van der Waals surface area contributed by atoms with Crippen molar-refractivity contribution in [2.75, 3.05) is 39.3 Å². The van der Waals surface area contributed by atoms with E-state index in [4.69, 9.17) is 36.1 Å². The van der Waals surface area contributed by atoms with E-state index in [1.807, 2.05) is 18.2 Å². The van der Waals surface area contributed by atoms with Crippen molar-refractivity contribution in [3.8, 4) is 5.75 Å². The average molecular weight is 438 g/mol. The van der Waals surface area contributed by atoms with Crippen molar-refractivity contribution in [1.82, 2.24) is 10.2 Å². The fourth-order valence-electron chi connectivity index (χ4n) is 2.15. The minimum Gasteiger partial charge on any atom is -0.492 e. The number of nitrogens with one attached hydrogen (secondary N) is 1. The Bertz CT molecular complexity index is 555. The number of hydrogen-bond donors (Lipinski definition) is 3. The molecular formula is C16H22BrClN2O5. The fourth-order valence-corrected chi connectivity index (χ4v) is 2.87. The first-order valence-electron chi connectivity index (χ1n) is 7.87. The van der Waals surface area contributed by atoms with Crippen molar-refractivity contribution in [3.05, 3.63) is 27.7 Å². The molecule has 3 N–H and O–H groups in total. The Morgan fingerprint density at radius 2 is 1.84 bits per heavy atom. The van der Waals surface area contributed by atoms with Crippen LogP contribution in [-0.2, 0) is 9.59 Å². The van der Waals surface area contributed by atoms with Gasteiger partial charge in [0.25, 0.3) is 0 Å². The number of aliphatic carboxylic acids is 2. The predicted molar refractivity (Wildman–Crippen MR) is 98.5 cm³/mol. The van der Waals surface area contributed by atoms with Gasteiger partial charge >= 0.3 is 11.9 Å². The van der Waals surface area contributed by atoms with Crippen LogP contribution in [0.1, 0.15) is 12.8 Å².